The molecule has 1 rings (SSSR count). The smallest absolute Gasteiger partial charge is 0.304 e. The van der Waals surface area contributed by atoms with Gasteiger partial charge in [-0.3, -0.25) is 10.1 Å². The first-order chi connectivity index (χ1) is 8.88. The van der Waals surface area contributed by atoms with Gasteiger partial charge < -0.3 is 10.0 Å². The van der Waals surface area contributed by atoms with Crippen molar-refractivity contribution in [1.82, 2.24) is 0 Å². The van der Waals surface area contributed by atoms with Gasteiger partial charge in [-0.1, -0.05) is 0 Å². The lowest BCUT2D eigenvalue weighted by Gasteiger charge is -2.25. The summed E-state index contributed by atoms with van der Waals surface area (Å²) in [7, 11) is 0. The minimum absolute atomic E-state index is 0.00691. The summed E-state index contributed by atoms with van der Waals surface area (Å²) in [5.74, 6) is 0. The summed E-state index contributed by atoms with van der Waals surface area (Å²) in [5, 5.41) is 29.8. The number of aliphatic hydroxyl groups is 1. The van der Waals surface area contributed by atoms with Gasteiger partial charge in [0.05, 0.1) is 23.5 Å². The Morgan fingerprint density at radius 3 is 2.63 bits per heavy atom. The van der Waals surface area contributed by atoms with E-state index in [1.807, 2.05) is 24.8 Å². The van der Waals surface area contributed by atoms with E-state index in [1.165, 1.54) is 17.4 Å². The van der Waals surface area contributed by atoms with Crippen molar-refractivity contribution >= 4 is 22.0 Å². The Kier molecular flexibility index (Phi) is 5.27. The predicted molar refractivity (Wildman–Crippen MR) is 74.3 cm³/mol. The van der Waals surface area contributed by atoms with Crippen molar-refractivity contribution in [2.24, 2.45) is 0 Å². The molecule has 0 spiro atoms. The number of hydrogen-bond donors (Lipinski definition) is 1. The monoisotopic (exact) mass is 283 g/mol. The van der Waals surface area contributed by atoms with Gasteiger partial charge in [-0.15, -0.1) is 11.3 Å². The zero-order valence-electron chi connectivity index (χ0n) is 11.2. The summed E-state index contributed by atoms with van der Waals surface area (Å²) in [6, 6.07) is 3.50. The van der Waals surface area contributed by atoms with Crippen molar-refractivity contribution in [3.63, 3.8) is 0 Å². The summed E-state index contributed by atoms with van der Waals surface area (Å²) >= 11 is 1.21. The van der Waals surface area contributed by atoms with Gasteiger partial charge in [-0.05, 0) is 20.8 Å². The molecular weight excluding hydrogens is 266 g/mol. The first-order valence-electron chi connectivity index (χ1n) is 5.98. The third-order valence-electron chi connectivity index (χ3n) is 2.67. The molecule has 6 nitrogen and oxygen atoms in total. The number of nitrogens with zero attached hydrogens (tertiary/aromatic N) is 3. The number of hydrogen-bond acceptors (Lipinski definition) is 6. The number of aliphatic hydroxyl groups excluding tert-OH is 1. The van der Waals surface area contributed by atoms with Crippen LogP contribution in [0.1, 0.15) is 38.2 Å². The minimum Gasteiger partial charge on any atom is -0.388 e. The number of rotatable bonds is 6. The Balaban J connectivity index is 3.20. The molecule has 1 unspecified atom stereocenters. The highest BCUT2D eigenvalue weighted by Gasteiger charge is 2.26. The zero-order chi connectivity index (χ0) is 14.6. The van der Waals surface area contributed by atoms with Crippen LogP contribution in [-0.4, -0.2) is 22.6 Å². The Hall–Kier alpha value is -1.65. The fourth-order valence-electron chi connectivity index (χ4n) is 1.70. The van der Waals surface area contributed by atoms with E-state index in [0.717, 1.165) is 0 Å². The maximum absolute atomic E-state index is 11.1. The molecule has 0 amide bonds. The van der Waals surface area contributed by atoms with Crippen LogP contribution in [0.4, 0.5) is 10.7 Å². The summed E-state index contributed by atoms with van der Waals surface area (Å²) < 4.78 is 0. The van der Waals surface area contributed by atoms with Gasteiger partial charge in [0, 0.05) is 23.5 Å². The highest BCUT2D eigenvalue weighted by Crippen LogP contribution is 2.40. The number of nitriles is 1. The lowest BCUT2D eigenvalue weighted by Crippen LogP contribution is -2.31. The van der Waals surface area contributed by atoms with Crippen LogP contribution in [0, 0.1) is 21.4 Å². The lowest BCUT2D eigenvalue weighted by molar-refractivity contribution is -0.383. The maximum atomic E-state index is 11.1. The zero-order valence-corrected chi connectivity index (χ0v) is 12.0. The van der Waals surface area contributed by atoms with Gasteiger partial charge in [0.25, 0.3) is 0 Å². The Morgan fingerprint density at radius 1 is 1.58 bits per heavy atom. The minimum atomic E-state index is -0.734. The Labute approximate surface area is 116 Å². The van der Waals surface area contributed by atoms with Gasteiger partial charge in [0.15, 0.2) is 5.00 Å². The van der Waals surface area contributed by atoms with Gasteiger partial charge in [0.2, 0.25) is 0 Å². The van der Waals surface area contributed by atoms with Gasteiger partial charge in [-0.25, -0.2) is 0 Å². The molecule has 0 aromatic carbocycles. The van der Waals surface area contributed by atoms with E-state index in [4.69, 9.17) is 5.26 Å². The van der Waals surface area contributed by atoms with Crippen LogP contribution in [0.25, 0.3) is 0 Å². The molecule has 0 bridgehead atoms. The van der Waals surface area contributed by atoms with E-state index in [9.17, 15) is 15.2 Å². The molecule has 7 heteroatoms. The van der Waals surface area contributed by atoms with Crippen molar-refractivity contribution in [1.29, 1.82) is 5.26 Å². The average Bonchev–Trinajstić information content (AvgIpc) is 2.74. The van der Waals surface area contributed by atoms with Gasteiger partial charge >= 0.3 is 5.69 Å². The molecule has 0 saturated heterocycles. The fraction of sp³-hybridized carbons (Fsp3) is 0.583. The average molecular weight is 283 g/mol. The molecule has 0 aliphatic carbocycles. The van der Waals surface area contributed by atoms with Crippen molar-refractivity contribution in [3.8, 4) is 6.07 Å². The van der Waals surface area contributed by atoms with Gasteiger partial charge in [-0.2, -0.15) is 5.26 Å². The summed E-state index contributed by atoms with van der Waals surface area (Å²) in [5.41, 5.74) is -0.00691. The van der Waals surface area contributed by atoms with Crippen LogP contribution in [0.15, 0.2) is 6.07 Å². The molecule has 1 heterocycles. The van der Waals surface area contributed by atoms with E-state index in [1.54, 1.807) is 6.92 Å². The van der Waals surface area contributed by atoms with Crippen LogP contribution in [0.3, 0.4) is 0 Å². The predicted octanol–water partition coefficient (Wildman–Crippen LogP) is 2.84. The van der Waals surface area contributed by atoms with Crippen LogP contribution in [-0.2, 0) is 0 Å². The quantitative estimate of drug-likeness (QED) is 0.640. The number of nitro groups is 1. The topological polar surface area (TPSA) is 90.4 Å². The molecule has 0 aliphatic rings. The van der Waals surface area contributed by atoms with Crippen LogP contribution < -0.4 is 4.90 Å². The van der Waals surface area contributed by atoms with E-state index < -0.39 is 11.0 Å². The highest BCUT2D eigenvalue weighted by atomic mass is 32.1. The Bertz CT molecular complexity index is 491. The second kappa shape index (κ2) is 6.50. The maximum Gasteiger partial charge on any atom is 0.304 e. The first kappa shape index (κ1) is 15.4. The van der Waals surface area contributed by atoms with Crippen LogP contribution >= 0.6 is 11.3 Å². The highest BCUT2D eigenvalue weighted by molar-refractivity contribution is 7.16. The second-order valence-corrected chi connectivity index (χ2v) is 5.53. The second-order valence-electron chi connectivity index (χ2n) is 4.47. The van der Waals surface area contributed by atoms with E-state index in [2.05, 4.69) is 0 Å². The summed E-state index contributed by atoms with van der Waals surface area (Å²) in [6.07, 6.45) is -0.431. The normalized spacial score (nSPS) is 12.2. The van der Waals surface area contributed by atoms with Crippen molar-refractivity contribution in [3.05, 3.63) is 21.1 Å². The molecule has 0 aliphatic heterocycles. The van der Waals surface area contributed by atoms with Crippen molar-refractivity contribution < 1.29 is 10.0 Å². The summed E-state index contributed by atoms with van der Waals surface area (Å²) in [6.45, 7) is 5.86. The van der Waals surface area contributed by atoms with Crippen molar-refractivity contribution in [2.45, 2.75) is 39.3 Å². The van der Waals surface area contributed by atoms with Crippen LogP contribution in [0.5, 0.6) is 0 Å². The molecule has 0 saturated carbocycles. The Morgan fingerprint density at radius 2 is 2.21 bits per heavy atom. The standard InChI is InChI=1S/C12H17N3O3S/c1-8(2)14(6-4-5-13)12-10(15(17)18)7-11(19-12)9(3)16/h7-9,16H,4,6H2,1-3H3. The first-order valence-corrected chi connectivity index (χ1v) is 6.79. The molecule has 1 aromatic heterocycles. The molecule has 1 aromatic rings. The van der Waals surface area contributed by atoms with Crippen LogP contribution in [0.2, 0.25) is 0 Å². The van der Waals surface area contributed by atoms with E-state index in [0.29, 0.717) is 22.8 Å². The summed E-state index contributed by atoms with van der Waals surface area (Å²) in [4.78, 5) is 13.0. The lowest BCUT2D eigenvalue weighted by atomic mass is 10.2. The SMILES string of the molecule is CC(O)c1cc([N+](=O)[O-])c(N(CCC#N)C(C)C)s1. The van der Waals surface area contributed by atoms with E-state index in [-0.39, 0.29) is 11.7 Å². The molecule has 104 valence electrons. The molecule has 1 N–H and O–H groups in total. The van der Waals surface area contributed by atoms with E-state index >= 15 is 0 Å². The number of thiophene rings is 1. The van der Waals surface area contributed by atoms with Gasteiger partial charge in [0.1, 0.15) is 0 Å². The molecule has 1 atom stereocenters. The largest absolute Gasteiger partial charge is 0.388 e. The fourth-order valence-corrected chi connectivity index (χ4v) is 2.92. The molecule has 0 radical (unpaired) electrons. The number of anilines is 1. The van der Waals surface area contributed by atoms with Crippen molar-refractivity contribution in [2.75, 3.05) is 11.4 Å². The molecular formula is C12H17N3O3S. The third kappa shape index (κ3) is 3.66. The molecule has 0 fully saturated rings. The third-order valence-corrected chi connectivity index (χ3v) is 4.00. The molecule has 19 heavy (non-hydrogen) atoms.